The predicted molar refractivity (Wildman–Crippen MR) is 424 cm³/mol. The lowest BCUT2D eigenvalue weighted by atomic mass is 9.87. The highest BCUT2D eigenvalue weighted by Gasteiger charge is 2.21. The lowest BCUT2D eigenvalue weighted by Crippen LogP contribution is -1.94. The maximum Gasteiger partial charge on any atom is 0.0992 e. The summed E-state index contributed by atoms with van der Waals surface area (Å²) in [5.74, 6) is 0. The van der Waals surface area contributed by atoms with E-state index in [0.717, 1.165) is 99.8 Å². The molecule has 102 heavy (non-hydrogen) atoms. The van der Waals surface area contributed by atoms with Crippen molar-refractivity contribution in [3.63, 3.8) is 0 Å². The van der Waals surface area contributed by atoms with Crippen LogP contribution in [0, 0.1) is 22.7 Å². The number of pyridine rings is 2. The van der Waals surface area contributed by atoms with Crippen LogP contribution in [0.15, 0.2) is 340 Å². The second kappa shape index (κ2) is 23.3. The van der Waals surface area contributed by atoms with E-state index in [0.29, 0.717) is 11.1 Å². The molecule has 6 nitrogen and oxygen atoms in total. The number of rotatable bonds is 8. The van der Waals surface area contributed by atoms with Crippen molar-refractivity contribution in [3.05, 3.63) is 351 Å². The van der Waals surface area contributed by atoms with Crippen LogP contribution in [0.5, 0.6) is 0 Å². The number of aromatic nitrogens is 4. The van der Waals surface area contributed by atoms with Crippen LogP contribution in [0.3, 0.4) is 0 Å². The van der Waals surface area contributed by atoms with Crippen molar-refractivity contribution in [1.82, 2.24) is 19.1 Å². The summed E-state index contributed by atoms with van der Waals surface area (Å²) >= 11 is 0. The monoisotopic (exact) mass is 1290 g/mol. The molecule has 21 aromatic rings. The van der Waals surface area contributed by atoms with Gasteiger partial charge in [-0.2, -0.15) is 10.5 Å². The molecule has 6 heteroatoms. The highest BCUT2D eigenvalue weighted by molar-refractivity contribution is 6.29. The molecular weight excluding hydrogens is 1240 g/mol. The van der Waals surface area contributed by atoms with Gasteiger partial charge in [0.05, 0.1) is 56.7 Å². The van der Waals surface area contributed by atoms with E-state index in [4.69, 9.17) is 9.97 Å². The van der Waals surface area contributed by atoms with Crippen LogP contribution >= 0.6 is 0 Å². The van der Waals surface area contributed by atoms with Crippen molar-refractivity contribution in [2.75, 3.05) is 0 Å². The summed E-state index contributed by atoms with van der Waals surface area (Å²) in [6.45, 7) is 0. The lowest BCUT2D eigenvalue weighted by molar-refractivity contribution is 1.18. The van der Waals surface area contributed by atoms with Crippen molar-refractivity contribution < 1.29 is 0 Å². The maximum absolute atomic E-state index is 9.68. The van der Waals surface area contributed by atoms with Gasteiger partial charge in [-0.15, -0.1) is 0 Å². The molecule has 0 atom stereocenters. The Kier molecular flexibility index (Phi) is 13.3. The molecule has 0 saturated carbocycles. The molecule has 0 N–H and O–H groups in total. The van der Waals surface area contributed by atoms with Crippen molar-refractivity contribution in [2.45, 2.75) is 0 Å². The molecular formula is C96H56N6. The van der Waals surface area contributed by atoms with E-state index in [9.17, 15) is 10.5 Å². The molecule has 0 aliphatic carbocycles. The first kappa shape index (κ1) is 58.1. The minimum Gasteiger partial charge on any atom is -0.309 e. The number of nitriles is 2. The van der Waals surface area contributed by atoms with Gasteiger partial charge in [-0.05, 0) is 182 Å². The maximum atomic E-state index is 9.68. The van der Waals surface area contributed by atoms with Crippen LogP contribution in [-0.2, 0) is 0 Å². The van der Waals surface area contributed by atoms with Crippen molar-refractivity contribution in [2.24, 2.45) is 0 Å². The Labute approximate surface area is 586 Å². The van der Waals surface area contributed by atoms with Crippen molar-refractivity contribution in [3.8, 4) is 90.5 Å². The summed E-state index contributed by atoms with van der Waals surface area (Å²) < 4.78 is 4.51. The first-order valence-electron chi connectivity index (χ1n) is 34.4. The Bertz CT molecular complexity index is 7030. The van der Waals surface area contributed by atoms with Crippen LogP contribution in [0.4, 0.5) is 0 Å². The van der Waals surface area contributed by atoms with E-state index in [1.807, 2.05) is 48.8 Å². The zero-order valence-electron chi connectivity index (χ0n) is 55.0. The van der Waals surface area contributed by atoms with E-state index in [2.05, 4.69) is 312 Å². The summed E-state index contributed by atoms with van der Waals surface area (Å²) in [5.41, 5.74) is 21.1. The third-order valence-corrected chi connectivity index (χ3v) is 21.1. The van der Waals surface area contributed by atoms with Gasteiger partial charge in [0.15, 0.2) is 0 Å². The molecule has 4 aromatic heterocycles. The Balaban J connectivity index is 0.000000137. The smallest absolute Gasteiger partial charge is 0.0992 e. The topological polar surface area (TPSA) is 83.2 Å². The van der Waals surface area contributed by atoms with Crippen LogP contribution < -0.4 is 0 Å². The largest absolute Gasteiger partial charge is 0.309 e. The second-order valence-electron chi connectivity index (χ2n) is 26.5. The molecule has 0 saturated heterocycles. The minimum atomic E-state index is 0.648. The Morgan fingerprint density at radius 1 is 0.225 bits per heavy atom. The number of nitrogens with zero attached hydrogens (tertiary/aromatic N) is 6. The Morgan fingerprint density at radius 2 is 0.578 bits per heavy atom. The number of fused-ring (bicyclic) bond motifs is 7. The van der Waals surface area contributed by atoms with Gasteiger partial charge in [0.2, 0.25) is 0 Å². The fraction of sp³-hybridized carbons (Fsp3) is 0. The minimum absolute atomic E-state index is 0.648. The number of hydrogen-bond acceptors (Lipinski definition) is 4. The van der Waals surface area contributed by atoms with E-state index in [-0.39, 0.29) is 0 Å². The van der Waals surface area contributed by atoms with Crippen LogP contribution in [0.2, 0.25) is 0 Å². The van der Waals surface area contributed by atoms with Gasteiger partial charge in [0.1, 0.15) is 0 Å². The average molecular weight is 1290 g/mol. The fourth-order valence-electron chi connectivity index (χ4n) is 16.3. The normalized spacial score (nSPS) is 11.7. The van der Waals surface area contributed by atoms with E-state index in [1.54, 1.807) is 0 Å². The quantitative estimate of drug-likeness (QED) is 0.142. The molecule has 0 radical (unpaired) electrons. The van der Waals surface area contributed by atoms with Crippen LogP contribution in [0.1, 0.15) is 11.1 Å². The molecule has 0 amide bonds. The van der Waals surface area contributed by atoms with Gasteiger partial charge in [-0.3, -0.25) is 9.97 Å². The summed E-state index contributed by atoms with van der Waals surface area (Å²) in [4.78, 5) is 10.1. The zero-order valence-corrected chi connectivity index (χ0v) is 55.0. The first-order valence-corrected chi connectivity index (χ1v) is 34.4. The van der Waals surface area contributed by atoms with Gasteiger partial charge in [0.25, 0.3) is 0 Å². The predicted octanol–water partition coefficient (Wildman–Crippen LogP) is 25.1. The summed E-state index contributed by atoms with van der Waals surface area (Å²) in [5, 5.41) is 41.5. The van der Waals surface area contributed by atoms with Gasteiger partial charge in [-0.1, -0.05) is 255 Å². The fourth-order valence-corrected chi connectivity index (χ4v) is 16.3. The molecule has 0 aliphatic rings. The molecule has 0 bridgehead atoms. The van der Waals surface area contributed by atoms with Gasteiger partial charge in [0, 0.05) is 67.6 Å². The summed E-state index contributed by atoms with van der Waals surface area (Å²) in [7, 11) is 0. The van der Waals surface area contributed by atoms with E-state index < -0.39 is 0 Å². The highest BCUT2D eigenvalue weighted by Crippen LogP contribution is 2.46. The standard InChI is InChI=1S/C50H29N3.C46H27N3/c51-29-31-13-20-42-43-23-18-35(28-48(43)53(47(42)27-31)37-9-2-1-3-10-37)36-19-26-46(52-30-36)41-22-15-34-16-24-44-40(21-14-33-17-25-45(41)50(34)49(33)44)39-12-6-8-32-7-4-5-11-38(32)39;47-27-29-11-18-38-39-21-16-33(26-44(39)49(43(38)25-29)35-9-5-2-6-10-35)34-17-24-42(48-28-34)37-20-13-32-14-22-40-36(30-7-3-1-4-8-30)19-12-31-15-23-41(37)46(32)45(31)40/h1-28,30H;1-26,28H. The third-order valence-electron chi connectivity index (χ3n) is 21.1. The zero-order chi connectivity index (χ0) is 67.5. The van der Waals surface area contributed by atoms with Gasteiger partial charge >= 0.3 is 0 Å². The first-order chi connectivity index (χ1) is 50.5. The highest BCUT2D eigenvalue weighted by atomic mass is 15.0. The molecule has 0 spiro atoms. The molecule has 17 aromatic carbocycles. The molecule has 21 rings (SSSR count). The lowest BCUT2D eigenvalue weighted by Gasteiger charge is -2.17. The average Bonchev–Trinajstić information content (AvgIpc) is 1.12. The molecule has 4 heterocycles. The Hall–Kier alpha value is -14.0. The number of para-hydroxylation sites is 2. The second-order valence-corrected chi connectivity index (χ2v) is 26.5. The summed E-state index contributed by atoms with van der Waals surface area (Å²) in [6.07, 6.45) is 3.99. The van der Waals surface area contributed by atoms with Crippen molar-refractivity contribution in [1.29, 1.82) is 10.5 Å². The molecule has 0 fully saturated rings. The molecule has 0 aliphatic heterocycles. The van der Waals surface area contributed by atoms with Crippen molar-refractivity contribution >= 4 is 119 Å². The van der Waals surface area contributed by atoms with E-state index >= 15 is 0 Å². The van der Waals surface area contributed by atoms with E-state index in [1.165, 1.54) is 97.7 Å². The Morgan fingerprint density at radius 3 is 1.04 bits per heavy atom. The third kappa shape index (κ3) is 9.25. The van der Waals surface area contributed by atoms with Crippen LogP contribution in [-0.4, -0.2) is 19.1 Å². The van der Waals surface area contributed by atoms with Gasteiger partial charge < -0.3 is 9.13 Å². The van der Waals surface area contributed by atoms with Gasteiger partial charge in [-0.25, -0.2) is 0 Å². The molecule has 470 valence electrons. The number of benzene rings is 17. The SMILES string of the molecule is N#Cc1ccc2c3ccc(-c4ccc(-c5ccc6ccc7c(-c8cccc9ccccc89)ccc8ccc5c6c87)nc4)cc3n(-c3ccccc3)c2c1.N#Cc1ccc2c3ccc(-c4ccc(-c5ccc6ccc7c(-c8ccccc8)ccc8ccc5c6c87)nc4)cc3n(-c3ccccc3)c2c1. The summed E-state index contributed by atoms with van der Waals surface area (Å²) in [6, 6.07) is 121. The van der Waals surface area contributed by atoms with Crippen LogP contribution in [0.25, 0.3) is 197 Å². The molecule has 0 unspecified atom stereocenters. The number of hydrogen-bond donors (Lipinski definition) is 0.